The van der Waals surface area contributed by atoms with Crippen LogP contribution < -0.4 is 0 Å². The lowest BCUT2D eigenvalue weighted by atomic mass is 9.78. The van der Waals surface area contributed by atoms with Crippen LogP contribution in [0, 0.1) is 5.92 Å². The third kappa shape index (κ3) is 3.24. The van der Waals surface area contributed by atoms with Crippen LogP contribution in [0.3, 0.4) is 0 Å². The molecule has 138 valence electrons. The number of fused-ring (bicyclic) bond motifs is 1. The van der Waals surface area contributed by atoms with Crippen molar-refractivity contribution in [2.45, 2.75) is 31.3 Å². The van der Waals surface area contributed by atoms with Gasteiger partial charge in [-0.05, 0) is 54.5 Å². The normalized spacial score (nSPS) is 22.2. The van der Waals surface area contributed by atoms with Gasteiger partial charge in [0.25, 0.3) is 5.91 Å². The lowest BCUT2D eigenvalue weighted by molar-refractivity contribution is -0.0661. The van der Waals surface area contributed by atoms with Crippen molar-refractivity contribution in [1.29, 1.82) is 0 Å². The Labute approximate surface area is 155 Å². The van der Waals surface area contributed by atoms with Crippen LogP contribution in [-0.4, -0.2) is 49.8 Å². The maximum atomic E-state index is 13.0. The highest BCUT2D eigenvalue weighted by Gasteiger charge is 2.46. The molecule has 1 unspecified atom stereocenters. The van der Waals surface area contributed by atoms with Crippen molar-refractivity contribution >= 4 is 16.7 Å². The van der Waals surface area contributed by atoms with Crippen molar-refractivity contribution in [3.05, 3.63) is 48.0 Å². The summed E-state index contributed by atoms with van der Waals surface area (Å²) in [5.74, 6) is 0.692. The highest BCUT2D eigenvalue weighted by molar-refractivity contribution is 5.98. The quantitative estimate of drug-likeness (QED) is 0.837. The molecule has 4 heteroatoms. The highest BCUT2D eigenvalue weighted by Crippen LogP contribution is 2.42. The van der Waals surface area contributed by atoms with Crippen molar-refractivity contribution in [2.24, 2.45) is 5.92 Å². The average molecular weight is 353 g/mol. The van der Waals surface area contributed by atoms with Gasteiger partial charge in [0.2, 0.25) is 0 Å². The molecular formula is C22H27NO3. The van der Waals surface area contributed by atoms with Crippen LogP contribution in [-0.2, 0) is 9.47 Å². The van der Waals surface area contributed by atoms with E-state index in [4.69, 9.17) is 9.47 Å². The van der Waals surface area contributed by atoms with Crippen LogP contribution in [0.4, 0.5) is 0 Å². The summed E-state index contributed by atoms with van der Waals surface area (Å²) < 4.78 is 11.5. The Morgan fingerprint density at radius 2 is 1.96 bits per heavy atom. The summed E-state index contributed by atoms with van der Waals surface area (Å²) in [7, 11) is 1.76. The van der Waals surface area contributed by atoms with Crippen LogP contribution in [0.5, 0.6) is 0 Å². The minimum Gasteiger partial charge on any atom is -0.385 e. The SMILES string of the molecule is COCCC1CCOC12CCN(C(=O)c1ccc3ccccc3c1)CC2. The molecule has 0 N–H and O–H groups in total. The fourth-order valence-corrected chi connectivity index (χ4v) is 4.60. The molecule has 2 aromatic carbocycles. The standard InChI is InChI=1S/C22H27NO3/c1-25-14-8-20-9-15-26-22(20)10-12-23(13-11-22)21(24)19-7-6-17-4-2-3-5-18(17)16-19/h2-7,16,20H,8-15H2,1H3. The Bertz CT molecular complexity index is 780. The van der Waals surface area contributed by atoms with Crippen LogP contribution >= 0.6 is 0 Å². The minimum atomic E-state index is -0.0430. The molecule has 0 radical (unpaired) electrons. The zero-order valence-corrected chi connectivity index (χ0v) is 15.4. The van der Waals surface area contributed by atoms with E-state index in [2.05, 4.69) is 12.1 Å². The number of carbonyl (C=O) groups excluding carboxylic acids is 1. The van der Waals surface area contributed by atoms with Gasteiger partial charge in [-0.2, -0.15) is 0 Å². The zero-order chi connectivity index (χ0) is 18.0. The van der Waals surface area contributed by atoms with E-state index in [9.17, 15) is 4.79 Å². The Morgan fingerprint density at radius 1 is 1.19 bits per heavy atom. The van der Waals surface area contributed by atoms with Gasteiger partial charge in [-0.15, -0.1) is 0 Å². The maximum absolute atomic E-state index is 13.0. The molecular weight excluding hydrogens is 326 g/mol. The fraction of sp³-hybridized carbons (Fsp3) is 0.500. The number of methoxy groups -OCH3 is 1. The lowest BCUT2D eigenvalue weighted by Gasteiger charge is -2.42. The fourth-order valence-electron chi connectivity index (χ4n) is 4.60. The lowest BCUT2D eigenvalue weighted by Crippen LogP contribution is -2.49. The van der Waals surface area contributed by atoms with E-state index < -0.39 is 0 Å². The number of likely N-dealkylation sites (tertiary alicyclic amines) is 1. The smallest absolute Gasteiger partial charge is 0.253 e. The van der Waals surface area contributed by atoms with Crippen molar-refractivity contribution in [3.8, 4) is 0 Å². The van der Waals surface area contributed by atoms with Gasteiger partial charge in [0.15, 0.2) is 0 Å². The van der Waals surface area contributed by atoms with Gasteiger partial charge in [0.1, 0.15) is 0 Å². The summed E-state index contributed by atoms with van der Waals surface area (Å²) in [6.07, 6.45) is 4.03. The van der Waals surface area contributed by atoms with Crippen LogP contribution in [0.25, 0.3) is 10.8 Å². The van der Waals surface area contributed by atoms with Crippen molar-refractivity contribution < 1.29 is 14.3 Å². The molecule has 4 rings (SSSR count). The number of nitrogens with zero attached hydrogens (tertiary/aromatic N) is 1. The second-order valence-corrected chi connectivity index (χ2v) is 7.53. The van der Waals surface area contributed by atoms with Crippen LogP contribution in [0.2, 0.25) is 0 Å². The molecule has 2 heterocycles. The second kappa shape index (κ2) is 7.37. The first-order chi connectivity index (χ1) is 12.7. The summed E-state index contributed by atoms with van der Waals surface area (Å²) in [5.41, 5.74) is 0.738. The number of amides is 1. The highest BCUT2D eigenvalue weighted by atomic mass is 16.5. The topological polar surface area (TPSA) is 38.8 Å². The number of benzene rings is 2. The first kappa shape index (κ1) is 17.5. The predicted octanol–water partition coefficient (Wildman–Crippen LogP) is 3.89. The summed E-state index contributed by atoms with van der Waals surface area (Å²) in [6, 6.07) is 14.2. The zero-order valence-electron chi connectivity index (χ0n) is 15.4. The van der Waals surface area contributed by atoms with Crippen molar-refractivity contribution in [1.82, 2.24) is 4.90 Å². The van der Waals surface area contributed by atoms with E-state index in [1.54, 1.807) is 7.11 Å². The molecule has 2 fully saturated rings. The first-order valence-electron chi connectivity index (χ1n) is 9.63. The van der Waals surface area contributed by atoms with E-state index in [-0.39, 0.29) is 11.5 Å². The Balaban J connectivity index is 1.44. The molecule has 0 aliphatic carbocycles. The third-order valence-corrected chi connectivity index (χ3v) is 6.16. The summed E-state index contributed by atoms with van der Waals surface area (Å²) in [6.45, 7) is 3.17. The molecule has 26 heavy (non-hydrogen) atoms. The van der Waals surface area contributed by atoms with Crippen molar-refractivity contribution in [3.63, 3.8) is 0 Å². The Hall–Kier alpha value is -1.91. The van der Waals surface area contributed by atoms with E-state index in [0.29, 0.717) is 5.92 Å². The number of rotatable bonds is 4. The van der Waals surface area contributed by atoms with Crippen molar-refractivity contribution in [2.75, 3.05) is 33.4 Å². The van der Waals surface area contributed by atoms with E-state index in [1.807, 2.05) is 35.2 Å². The molecule has 1 spiro atoms. The van der Waals surface area contributed by atoms with Gasteiger partial charge in [-0.25, -0.2) is 0 Å². The number of ether oxygens (including phenoxy) is 2. The van der Waals surface area contributed by atoms with Gasteiger partial charge >= 0.3 is 0 Å². The van der Waals surface area contributed by atoms with Gasteiger partial charge in [-0.3, -0.25) is 4.79 Å². The first-order valence-corrected chi connectivity index (χ1v) is 9.63. The predicted molar refractivity (Wildman–Crippen MR) is 102 cm³/mol. The molecule has 2 aliphatic rings. The summed E-state index contributed by atoms with van der Waals surface area (Å²) in [5, 5.41) is 2.28. The van der Waals surface area contributed by atoms with E-state index in [0.717, 1.165) is 62.9 Å². The van der Waals surface area contributed by atoms with E-state index in [1.165, 1.54) is 5.39 Å². The monoisotopic (exact) mass is 353 g/mol. The molecule has 2 aliphatic heterocycles. The third-order valence-electron chi connectivity index (χ3n) is 6.16. The largest absolute Gasteiger partial charge is 0.385 e. The minimum absolute atomic E-state index is 0.0430. The molecule has 0 saturated carbocycles. The van der Waals surface area contributed by atoms with Gasteiger partial charge in [-0.1, -0.05) is 30.3 Å². The number of hydrogen-bond acceptors (Lipinski definition) is 3. The van der Waals surface area contributed by atoms with Gasteiger partial charge < -0.3 is 14.4 Å². The van der Waals surface area contributed by atoms with Crippen LogP contribution in [0.1, 0.15) is 36.0 Å². The maximum Gasteiger partial charge on any atom is 0.253 e. The molecule has 4 nitrogen and oxygen atoms in total. The molecule has 2 aromatic rings. The molecule has 2 saturated heterocycles. The Morgan fingerprint density at radius 3 is 2.73 bits per heavy atom. The number of carbonyl (C=O) groups is 1. The number of hydrogen-bond donors (Lipinski definition) is 0. The average Bonchev–Trinajstić information content (AvgIpc) is 3.08. The molecule has 0 aromatic heterocycles. The summed E-state index contributed by atoms with van der Waals surface area (Å²) >= 11 is 0. The van der Waals surface area contributed by atoms with E-state index >= 15 is 0 Å². The van der Waals surface area contributed by atoms with Gasteiger partial charge in [0.05, 0.1) is 5.60 Å². The Kier molecular flexibility index (Phi) is 4.96. The van der Waals surface area contributed by atoms with Crippen LogP contribution in [0.15, 0.2) is 42.5 Å². The number of piperidine rings is 1. The molecule has 1 atom stereocenters. The molecule has 1 amide bonds. The second-order valence-electron chi connectivity index (χ2n) is 7.53. The molecule has 0 bridgehead atoms. The van der Waals surface area contributed by atoms with Gasteiger partial charge in [0, 0.05) is 39.0 Å². The summed E-state index contributed by atoms with van der Waals surface area (Å²) in [4.78, 5) is 15.0.